The predicted octanol–water partition coefficient (Wildman–Crippen LogP) is 4.30. The second-order valence-electron chi connectivity index (χ2n) is 6.84. The Morgan fingerprint density at radius 1 is 1.11 bits per heavy atom. The molecule has 27 heavy (non-hydrogen) atoms. The molecule has 0 aliphatic heterocycles. The number of aromatic nitrogens is 1. The molecule has 0 unspecified atom stereocenters. The van der Waals surface area contributed by atoms with E-state index in [2.05, 4.69) is 10.3 Å². The summed E-state index contributed by atoms with van der Waals surface area (Å²) in [5.41, 5.74) is 1.66. The van der Waals surface area contributed by atoms with Crippen LogP contribution in [0.25, 0.3) is 10.9 Å². The Bertz CT molecular complexity index is 819. The number of hydrogen-bond acceptors (Lipinski definition) is 6. The van der Waals surface area contributed by atoms with Gasteiger partial charge >= 0.3 is 5.97 Å². The van der Waals surface area contributed by atoms with Gasteiger partial charge in [0.05, 0.1) is 32.8 Å². The number of pyridine rings is 1. The minimum absolute atomic E-state index is 0.0409. The number of anilines is 1. The maximum absolute atomic E-state index is 11.7. The van der Waals surface area contributed by atoms with E-state index in [-0.39, 0.29) is 11.9 Å². The van der Waals surface area contributed by atoms with Crippen LogP contribution in [0.5, 0.6) is 11.5 Å². The van der Waals surface area contributed by atoms with Crippen LogP contribution < -0.4 is 14.8 Å². The summed E-state index contributed by atoms with van der Waals surface area (Å²) >= 11 is 6.21. The maximum Gasteiger partial charge on any atom is 0.308 e. The van der Waals surface area contributed by atoms with E-state index < -0.39 is 0 Å². The number of carbonyl (C=O) groups is 1. The van der Waals surface area contributed by atoms with Gasteiger partial charge in [0.15, 0.2) is 11.5 Å². The number of methoxy groups -OCH3 is 3. The number of nitrogens with zero attached hydrogens (tertiary/aromatic N) is 1. The van der Waals surface area contributed by atoms with Gasteiger partial charge in [0.25, 0.3) is 0 Å². The third-order valence-electron chi connectivity index (χ3n) is 5.25. The number of fused-ring (bicyclic) bond motifs is 1. The van der Waals surface area contributed by atoms with Crippen molar-refractivity contribution in [3.8, 4) is 11.5 Å². The van der Waals surface area contributed by atoms with Gasteiger partial charge in [0.1, 0.15) is 5.15 Å². The average Bonchev–Trinajstić information content (AvgIpc) is 2.70. The molecule has 0 bridgehead atoms. The van der Waals surface area contributed by atoms with Crippen molar-refractivity contribution < 1.29 is 19.0 Å². The van der Waals surface area contributed by atoms with E-state index in [9.17, 15) is 4.79 Å². The van der Waals surface area contributed by atoms with Gasteiger partial charge in [-0.15, -0.1) is 0 Å². The van der Waals surface area contributed by atoms with Crippen LogP contribution >= 0.6 is 11.6 Å². The molecule has 0 spiro atoms. The zero-order valence-electron chi connectivity index (χ0n) is 15.9. The van der Waals surface area contributed by atoms with Crippen molar-refractivity contribution in [3.63, 3.8) is 0 Å². The van der Waals surface area contributed by atoms with Gasteiger partial charge in [-0.05, 0) is 43.7 Å². The Morgan fingerprint density at radius 2 is 1.78 bits per heavy atom. The van der Waals surface area contributed by atoms with Crippen molar-refractivity contribution >= 4 is 34.2 Å². The van der Waals surface area contributed by atoms with Crippen LogP contribution in [-0.4, -0.2) is 38.8 Å². The Balaban J connectivity index is 1.74. The number of carbonyl (C=O) groups excluding carboxylic acids is 1. The van der Waals surface area contributed by atoms with E-state index in [1.165, 1.54) is 7.11 Å². The molecule has 2 aromatic rings. The standard InChI is InChI=1S/C20H25ClN2O4/c1-25-17-8-14-15(10-19(21)23-16(14)9-18(17)26-2)22-11-12-4-6-13(7-5-12)20(24)27-3/h8-10,12-13H,4-7,11H2,1-3H3,(H,22,23). The molecule has 0 radical (unpaired) electrons. The van der Waals surface area contributed by atoms with Gasteiger partial charge in [-0.25, -0.2) is 4.98 Å². The molecule has 1 N–H and O–H groups in total. The van der Waals surface area contributed by atoms with E-state index in [0.717, 1.165) is 48.8 Å². The highest BCUT2D eigenvalue weighted by Crippen LogP contribution is 2.36. The summed E-state index contributed by atoms with van der Waals surface area (Å²) in [5.74, 6) is 1.73. The second kappa shape index (κ2) is 8.65. The third kappa shape index (κ3) is 4.38. The van der Waals surface area contributed by atoms with Crippen molar-refractivity contribution in [2.45, 2.75) is 25.7 Å². The van der Waals surface area contributed by atoms with Crippen LogP contribution in [-0.2, 0) is 9.53 Å². The largest absolute Gasteiger partial charge is 0.493 e. The van der Waals surface area contributed by atoms with Crippen LogP contribution in [0.4, 0.5) is 5.69 Å². The summed E-state index contributed by atoms with van der Waals surface area (Å²) in [5, 5.41) is 4.86. The lowest BCUT2D eigenvalue weighted by molar-refractivity contribution is -0.146. The smallest absolute Gasteiger partial charge is 0.308 e. The summed E-state index contributed by atoms with van der Waals surface area (Å²) in [7, 11) is 4.66. The average molecular weight is 393 g/mol. The molecule has 1 aromatic heterocycles. The lowest BCUT2D eigenvalue weighted by Gasteiger charge is -2.27. The molecule has 0 saturated heterocycles. The minimum Gasteiger partial charge on any atom is -0.493 e. The van der Waals surface area contributed by atoms with Gasteiger partial charge < -0.3 is 19.5 Å². The fraction of sp³-hybridized carbons (Fsp3) is 0.500. The molecule has 1 saturated carbocycles. The van der Waals surface area contributed by atoms with Crippen LogP contribution in [0.15, 0.2) is 18.2 Å². The molecule has 1 aliphatic carbocycles. The molecule has 0 atom stereocenters. The Labute approximate surface area is 164 Å². The Morgan fingerprint density at radius 3 is 2.41 bits per heavy atom. The summed E-state index contributed by atoms with van der Waals surface area (Å²) in [4.78, 5) is 16.1. The van der Waals surface area contributed by atoms with E-state index in [4.69, 9.17) is 25.8 Å². The molecule has 1 fully saturated rings. The second-order valence-corrected chi connectivity index (χ2v) is 7.23. The lowest BCUT2D eigenvalue weighted by atomic mass is 9.82. The summed E-state index contributed by atoms with van der Waals surface area (Å²) in [6, 6.07) is 5.57. The van der Waals surface area contributed by atoms with E-state index >= 15 is 0 Å². The van der Waals surface area contributed by atoms with Gasteiger partial charge in [-0.1, -0.05) is 11.6 Å². The van der Waals surface area contributed by atoms with Crippen LogP contribution in [0.3, 0.4) is 0 Å². The first-order valence-electron chi connectivity index (χ1n) is 9.09. The molecule has 1 aliphatic rings. The van der Waals surface area contributed by atoms with E-state index in [0.29, 0.717) is 22.6 Å². The van der Waals surface area contributed by atoms with Crippen molar-refractivity contribution in [3.05, 3.63) is 23.4 Å². The number of nitrogens with one attached hydrogen (secondary N) is 1. The Kier molecular flexibility index (Phi) is 6.26. The Hall–Kier alpha value is -2.21. The first kappa shape index (κ1) is 19.5. The van der Waals surface area contributed by atoms with Gasteiger partial charge in [-0.3, -0.25) is 4.79 Å². The number of esters is 1. The van der Waals surface area contributed by atoms with Crippen molar-refractivity contribution in [2.24, 2.45) is 11.8 Å². The summed E-state index contributed by atoms with van der Waals surface area (Å²) < 4.78 is 15.6. The minimum atomic E-state index is -0.0886. The van der Waals surface area contributed by atoms with Crippen LogP contribution in [0.1, 0.15) is 25.7 Å². The number of halogens is 1. The van der Waals surface area contributed by atoms with Gasteiger partial charge in [-0.2, -0.15) is 0 Å². The molecule has 1 aromatic carbocycles. The predicted molar refractivity (Wildman–Crippen MR) is 106 cm³/mol. The molecular formula is C20H25ClN2O4. The molecule has 0 amide bonds. The van der Waals surface area contributed by atoms with E-state index in [1.807, 2.05) is 18.2 Å². The fourth-order valence-corrected chi connectivity index (χ4v) is 3.89. The van der Waals surface area contributed by atoms with Crippen LogP contribution in [0, 0.1) is 11.8 Å². The molecule has 1 heterocycles. The number of benzene rings is 1. The zero-order chi connectivity index (χ0) is 19.4. The highest BCUT2D eigenvalue weighted by molar-refractivity contribution is 6.30. The monoisotopic (exact) mass is 392 g/mol. The maximum atomic E-state index is 11.7. The number of rotatable bonds is 6. The van der Waals surface area contributed by atoms with E-state index in [1.54, 1.807) is 14.2 Å². The molecule has 7 heteroatoms. The normalized spacial score (nSPS) is 19.6. The first-order valence-corrected chi connectivity index (χ1v) is 9.47. The zero-order valence-corrected chi connectivity index (χ0v) is 16.6. The fourth-order valence-electron chi connectivity index (χ4n) is 3.69. The number of ether oxygens (including phenoxy) is 3. The summed E-state index contributed by atoms with van der Waals surface area (Å²) in [6.07, 6.45) is 3.76. The SMILES string of the molecule is COC(=O)C1CCC(CNc2cc(Cl)nc3cc(OC)c(OC)cc23)CC1. The molecule has 146 valence electrons. The molecule has 3 rings (SSSR count). The summed E-state index contributed by atoms with van der Waals surface area (Å²) in [6.45, 7) is 0.817. The third-order valence-corrected chi connectivity index (χ3v) is 5.44. The lowest BCUT2D eigenvalue weighted by Crippen LogP contribution is -2.26. The van der Waals surface area contributed by atoms with Crippen molar-refractivity contribution in [2.75, 3.05) is 33.2 Å². The van der Waals surface area contributed by atoms with Crippen molar-refractivity contribution in [1.82, 2.24) is 4.98 Å². The van der Waals surface area contributed by atoms with Gasteiger partial charge in [0.2, 0.25) is 0 Å². The molecule has 6 nitrogen and oxygen atoms in total. The van der Waals surface area contributed by atoms with Crippen molar-refractivity contribution in [1.29, 1.82) is 0 Å². The number of hydrogen-bond donors (Lipinski definition) is 1. The first-order chi connectivity index (χ1) is 13.0. The quantitative estimate of drug-likeness (QED) is 0.584. The molecular weight excluding hydrogens is 368 g/mol. The van der Waals surface area contributed by atoms with Crippen LogP contribution in [0.2, 0.25) is 5.15 Å². The topological polar surface area (TPSA) is 69.7 Å². The van der Waals surface area contributed by atoms with Gasteiger partial charge in [0, 0.05) is 23.7 Å². The highest BCUT2D eigenvalue weighted by Gasteiger charge is 2.26. The highest BCUT2D eigenvalue weighted by atomic mass is 35.5.